The summed E-state index contributed by atoms with van der Waals surface area (Å²) in [6.07, 6.45) is 2.23. The summed E-state index contributed by atoms with van der Waals surface area (Å²) in [4.78, 5) is 13.7. The second-order valence-electron chi connectivity index (χ2n) is 5.02. The molecule has 1 aliphatic carbocycles. The maximum Gasteiger partial charge on any atom is 0.226 e. The van der Waals surface area contributed by atoms with Crippen LogP contribution in [0.25, 0.3) is 0 Å². The van der Waals surface area contributed by atoms with Crippen LogP contribution in [0.3, 0.4) is 0 Å². The van der Waals surface area contributed by atoms with Crippen molar-refractivity contribution < 1.29 is 9.18 Å². The smallest absolute Gasteiger partial charge is 0.226 e. The number of halogens is 2. The van der Waals surface area contributed by atoms with Crippen LogP contribution < -0.4 is 0 Å². The van der Waals surface area contributed by atoms with Gasteiger partial charge in [-0.25, -0.2) is 4.39 Å². The van der Waals surface area contributed by atoms with Crippen molar-refractivity contribution >= 4 is 17.5 Å². The summed E-state index contributed by atoms with van der Waals surface area (Å²) in [6.45, 7) is 0.747. The van der Waals surface area contributed by atoms with Crippen molar-refractivity contribution in [1.29, 1.82) is 0 Å². The number of hydrogen-bond acceptors (Lipinski definition) is 1. The Hall–Kier alpha value is -1.09. The molecule has 4 heteroatoms. The molecule has 0 aliphatic heterocycles. The molecule has 0 spiro atoms. The lowest BCUT2D eigenvalue weighted by molar-refractivity contribution is -0.130. The Kier molecular flexibility index (Phi) is 4.23. The molecule has 0 aromatic heterocycles. The van der Waals surface area contributed by atoms with Crippen LogP contribution in [0, 0.1) is 11.7 Å². The summed E-state index contributed by atoms with van der Waals surface area (Å²) >= 11 is 5.91. The summed E-state index contributed by atoms with van der Waals surface area (Å²) in [5, 5.41) is 0.279. The van der Waals surface area contributed by atoms with Gasteiger partial charge in [0, 0.05) is 19.0 Å². The third-order valence-corrected chi connectivity index (χ3v) is 3.74. The van der Waals surface area contributed by atoms with Gasteiger partial charge in [-0.3, -0.25) is 4.79 Å². The van der Waals surface area contributed by atoms with E-state index in [4.69, 9.17) is 11.6 Å². The molecular formula is C14H17ClFNO. The number of benzene rings is 1. The first-order valence-corrected chi connectivity index (χ1v) is 6.60. The van der Waals surface area contributed by atoms with Gasteiger partial charge in [0.25, 0.3) is 0 Å². The minimum atomic E-state index is -0.299. The van der Waals surface area contributed by atoms with Crippen LogP contribution in [0.1, 0.15) is 18.4 Å². The molecule has 0 radical (unpaired) electrons. The lowest BCUT2D eigenvalue weighted by Crippen LogP contribution is -2.38. The zero-order valence-electron chi connectivity index (χ0n) is 10.4. The molecule has 0 saturated heterocycles. The summed E-state index contributed by atoms with van der Waals surface area (Å²) in [5.41, 5.74) is 0.718. The second-order valence-corrected chi connectivity index (χ2v) is 5.63. The normalized spacial score (nSPS) is 22.4. The molecule has 1 aromatic rings. The van der Waals surface area contributed by atoms with Gasteiger partial charge < -0.3 is 4.90 Å². The first-order chi connectivity index (χ1) is 8.54. The Labute approximate surface area is 112 Å². The molecular weight excluding hydrogens is 253 g/mol. The van der Waals surface area contributed by atoms with Gasteiger partial charge in [0.2, 0.25) is 5.91 Å². The van der Waals surface area contributed by atoms with Crippen LogP contribution in [0.2, 0.25) is 0 Å². The molecule has 2 rings (SSSR count). The van der Waals surface area contributed by atoms with Gasteiger partial charge in [0.1, 0.15) is 5.82 Å². The fourth-order valence-corrected chi connectivity index (χ4v) is 2.75. The maximum absolute atomic E-state index is 13.0. The van der Waals surface area contributed by atoms with Crippen LogP contribution in [-0.2, 0) is 11.2 Å². The van der Waals surface area contributed by atoms with E-state index in [0.717, 1.165) is 24.9 Å². The van der Waals surface area contributed by atoms with Crippen molar-refractivity contribution in [2.45, 2.75) is 24.6 Å². The van der Waals surface area contributed by atoms with Crippen molar-refractivity contribution in [2.75, 3.05) is 13.6 Å². The number of carbonyl (C=O) groups excluding carboxylic acids is 1. The van der Waals surface area contributed by atoms with Crippen molar-refractivity contribution in [2.24, 2.45) is 5.92 Å². The predicted octanol–water partition coefficient (Wildman–Crippen LogP) is 2.84. The number of hydrogen-bond donors (Lipinski definition) is 0. The SMILES string of the molecule is CN(CC1CC(Cl)C1)C(=O)Cc1cccc(F)c1. The standard InChI is InChI=1S/C14H17ClFNO/c1-17(9-11-5-12(15)6-11)14(18)8-10-3-2-4-13(16)7-10/h2-4,7,11-12H,5-6,8-9H2,1H3. The van der Waals surface area contributed by atoms with E-state index in [0.29, 0.717) is 5.92 Å². The zero-order chi connectivity index (χ0) is 13.1. The molecule has 0 N–H and O–H groups in total. The summed E-state index contributed by atoms with van der Waals surface area (Å²) in [5.74, 6) is 0.250. The van der Waals surface area contributed by atoms with Gasteiger partial charge in [-0.05, 0) is 36.5 Å². The van der Waals surface area contributed by atoms with Gasteiger partial charge in [0.15, 0.2) is 0 Å². The van der Waals surface area contributed by atoms with E-state index in [1.165, 1.54) is 12.1 Å². The van der Waals surface area contributed by atoms with E-state index in [1.54, 1.807) is 24.1 Å². The molecule has 1 fully saturated rings. The maximum atomic E-state index is 13.0. The molecule has 1 amide bonds. The quantitative estimate of drug-likeness (QED) is 0.770. The lowest BCUT2D eigenvalue weighted by atomic mass is 9.84. The van der Waals surface area contributed by atoms with E-state index < -0.39 is 0 Å². The fraction of sp³-hybridized carbons (Fsp3) is 0.500. The minimum absolute atomic E-state index is 0.0265. The van der Waals surface area contributed by atoms with Crippen molar-refractivity contribution in [3.63, 3.8) is 0 Å². The first kappa shape index (κ1) is 13.3. The molecule has 0 bridgehead atoms. The fourth-order valence-electron chi connectivity index (χ4n) is 2.25. The van der Waals surface area contributed by atoms with Gasteiger partial charge in [-0.15, -0.1) is 11.6 Å². The third-order valence-electron chi connectivity index (χ3n) is 3.38. The number of likely N-dealkylation sites (N-methyl/N-ethyl adjacent to an activating group) is 1. The molecule has 1 saturated carbocycles. The van der Waals surface area contributed by atoms with Crippen LogP contribution in [0.5, 0.6) is 0 Å². The highest BCUT2D eigenvalue weighted by Gasteiger charge is 2.29. The largest absolute Gasteiger partial charge is 0.345 e. The van der Waals surface area contributed by atoms with E-state index in [2.05, 4.69) is 0 Å². The third kappa shape index (κ3) is 3.45. The van der Waals surface area contributed by atoms with E-state index in [1.807, 2.05) is 0 Å². The lowest BCUT2D eigenvalue weighted by Gasteiger charge is -2.34. The Morgan fingerprint density at radius 1 is 1.50 bits per heavy atom. The average molecular weight is 270 g/mol. The molecule has 18 heavy (non-hydrogen) atoms. The Bertz CT molecular complexity index is 432. The second kappa shape index (κ2) is 5.70. The first-order valence-electron chi connectivity index (χ1n) is 6.17. The summed E-state index contributed by atoms with van der Waals surface area (Å²) in [7, 11) is 1.79. The molecule has 1 aliphatic rings. The van der Waals surface area contributed by atoms with Crippen LogP contribution in [0.15, 0.2) is 24.3 Å². The highest BCUT2D eigenvalue weighted by Crippen LogP contribution is 2.32. The van der Waals surface area contributed by atoms with Crippen LogP contribution in [-0.4, -0.2) is 29.8 Å². The van der Waals surface area contributed by atoms with E-state index >= 15 is 0 Å². The molecule has 0 unspecified atom stereocenters. The van der Waals surface area contributed by atoms with E-state index in [-0.39, 0.29) is 23.5 Å². The predicted molar refractivity (Wildman–Crippen MR) is 70.1 cm³/mol. The Balaban J connectivity index is 1.83. The number of carbonyl (C=O) groups is 1. The molecule has 0 atom stereocenters. The minimum Gasteiger partial charge on any atom is -0.345 e. The Morgan fingerprint density at radius 3 is 2.83 bits per heavy atom. The van der Waals surface area contributed by atoms with Crippen LogP contribution >= 0.6 is 11.6 Å². The van der Waals surface area contributed by atoms with Gasteiger partial charge in [-0.2, -0.15) is 0 Å². The zero-order valence-corrected chi connectivity index (χ0v) is 11.2. The highest BCUT2D eigenvalue weighted by atomic mass is 35.5. The number of amides is 1. The summed E-state index contributed by atoms with van der Waals surface area (Å²) < 4.78 is 13.0. The number of rotatable bonds is 4. The van der Waals surface area contributed by atoms with Gasteiger partial charge in [0.05, 0.1) is 6.42 Å². The van der Waals surface area contributed by atoms with Crippen molar-refractivity contribution in [3.8, 4) is 0 Å². The molecule has 2 nitrogen and oxygen atoms in total. The van der Waals surface area contributed by atoms with E-state index in [9.17, 15) is 9.18 Å². The van der Waals surface area contributed by atoms with Crippen molar-refractivity contribution in [1.82, 2.24) is 4.90 Å². The van der Waals surface area contributed by atoms with Crippen molar-refractivity contribution in [3.05, 3.63) is 35.6 Å². The highest BCUT2D eigenvalue weighted by molar-refractivity contribution is 6.21. The van der Waals surface area contributed by atoms with Gasteiger partial charge in [-0.1, -0.05) is 12.1 Å². The summed E-state index contributed by atoms with van der Waals surface area (Å²) in [6, 6.07) is 6.19. The number of alkyl halides is 1. The monoisotopic (exact) mass is 269 g/mol. The Morgan fingerprint density at radius 2 is 2.22 bits per heavy atom. The molecule has 0 heterocycles. The number of nitrogens with zero attached hydrogens (tertiary/aromatic N) is 1. The van der Waals surface area contributed by atoms with Crippen LogP contribution in [0.4, 0.5) is 4.39 Å². The topological polar surface area (TPSA) is 20.3 Å². The molecule has 1 aromatic carbocycles. The molecule has 98 valence electrons. The average Bonchev–Trinajstić information content (AvgIpc) is 2.26. The van der Waals surface area contributed by atoms with Gasteiger partial charge >= 0.3 is 0 Å².